The van der Waals surface area contributed by atoms with Crippen molar-refractivity contribution in [2.24, 2.45) is 5.92 Å². The van der Waals surface area contributed by atoms with Crippen LogP contribution in [-0.4, -0.2) is 30.9 Å². The van der Waals surface area contributed by atoms with E-state index in [-0.39, 0.29) is 11.8 Å². The number of benzene rings is 1. The average Bonchev–Trinajstić information content (AvgIpc) is 2.33. The van der Waals surface area contributed by atoms with Gasteiger partial charge in [-0.25, -0.2) is 0 Å². The lowest BCUT2D eigenvalue weighted by atomic mass is 9.96. The normalized spacial score (nSPS) is 17.7. The summed E-state index contributed by atoms with van der Waals surface area (Å²) < 4.78 is 0.948. The van der Waals surface area contributed by atoms with Crippen LogP contribution in [0.2, 0.25) is 0 Å². The van der Waals surface area contributed by atoms with Crippen LogP contribution in [0.3, 0.4) is 0 Å². The van der Waals surface area contributed by atoms with Crippen molar-refractivity contribution in [3.63, 3.8) is 0 Å². The van der Waals surface area contributed by atoms with Gasteiger partial charge in [-0.3, -0.25) is 4.79 Å². The highest BCUT2D eigenvalue weighted by Gasteiger charge is 2.23. The van der Waals surface area contributed by atoms with Gasteiger partial charge >= 0.3 is 0 Å². The Morgan fingerprint density at radius 3 is 2.67 bits per heavy atom. The predicted molar refractivity (Wildman–Crippen MR) is 77.7 cm³/mol. The van der Waals surface area contributed by atoms with Crippen LogP contribution in [0.5, 0.6) is 0 Å². The molecule has 4 heteroatoms. The van der Waals surface area contributed by atoms with Crippen molar-refractivity contribution in [2.45, 2.75) is 19.8 Å². The van der Waals surface area contributed by atoms with E-state index in [0.29, 0.717) is 0 Å². The summed E-state index contributed by atoms with van der Waals surface area (Å²) in [6.45, 7) is 4.05. The first-order valence-corrected chi connectivity index (χ1v) is 7.11. The fourth-order valence-corrected chi connectivity index (χ4v) is 2.82. The molecular formula is C14H19BrN2O. The molecular weight excluding hydrogens is 292 g/mol. The highest BCUT2D eigenvalue weighted by molar-refractivity contribution is 9.10. The second kappa shape index (κ2) is 5.85. The lowest BCUT2D eigenvalue weighted by Gasteiger charge is -2.28. The molecule has 98 valence electrons. The van der Waals surface area contributed by atoms with Crippen molar-refractivity contribution < 1.29 is 4.79 Å². The fourth-order valence-electron chi connectivity index (χ4n) is 2.23. The van der Waals surface area contributed by atoms with Crippen molar-refractivity contribution in [3.05, 3.63) is 28.2 Å². The SMILES string of the molecule is Cc1ccc(NC(=O)C2CCN(C)CC2)c(Br)c1. The minimum Gasteiger partial charge on any atom is -0.325 e. The average molecular weight is 311 g/mol. The summed E-state index contributed by atoms with van der Waals surface area (Å²) in [5.41, 5.74) is 2.05. The number of amides is 1. The molecule has 0 atom stereocenters. The van der Waals surface area contributed by atoms with Crippen LogP contribution in [0.15, 0.2) is 22.7 Å². The van der Waals surface area contributed by atoms with Gasteiger partial charge in [0.05, 0.1) is 5.69 Å². The number of rotatable bonds is 2. The van der Waals surface area contributed by atoms with Gasteiger partial charge in [0, 0.05) is 10.4 Å². The van der Waals surface area contributed by atoms with Crippen LogP contribution in [0.4, 0.5) is 5.69 Å². The molecule has 1 saturated heterocycles. The number of carbonyl (C=O) groups excluding carboxylic acids is 1. The van der Waals surface area contributed by atoms with Gasteiger partial charge in [-0.1, -0.05) is 6.07 Å². The number of hydrogen-bond donors (Lipinski definition) is 1. The second-order valence-electron chi connectivity index (χ2n) is 5.05. The molecule has 1 aliphatic heterocycles. The van der Waals surface area contributed by atoms with Crippen LogP contribution >= 0.6 is 15.9 Å². The highest BCUT2D eigenvalue weighted by Crippen LogP contribution is 2.25. The molecule has 0 aliphatic carbocycles. The smallest absolute Gasteiger partial charge is 0.227 e. The third kappa shape index (κ3) is 3.33. The number of nitrogens with one attached hydrogen (secondary N) is 1. The standard InChI is InChI=1S/C14H19BrN2O/c1-10-3-4-13(12(15)9-10)16-14(18)11-5-7-17(2)8-6-11/h3-4,9,11H,5-8H2,1-2H3,(H,16,18). The van der Waals surface area contributed by atoms with Crippen molar-refractivity contribution in [2.75, 3.05) is 25.5 Å². The second-order valence-corrected chi connectivity index (χ2v) is 5.90. The van der Waals surface area contributed by atoms with Gasteiger partial charge in [0.25, 0.3) is 0 Å². The summed E-state index contributed by atoms with van der Waals surface area (Å²) >= 11 is 3.49. The van der Waals surface area contributed by atoms with Crippen LogP contribution in [0.1, 0.15) is 18.4 Å². The van der Waals surface area contributed by atoms with E-state index in [4.69, 9.17) is 0 Å². The first kappa shape index (κ1) is 13.6. The molecule has 0 bridgehead atoms. The Morgan fingerprint density at radius 1 is 1.39 bits per heavy atom. The molecule has 1 aliphatic rings. The minimum atomic E-state index is 0.146. The number of hydrogen-bond acceptors (Lipinski definition) is 2. The lowest BCUT2D eigenvalue weighted by molar-refractivity contribution is -0.121. The first-order valence-electron chi connectivity index (χ1n) is 6.32. The zero-order valence-corrected chi connectivity index (χ0v) is 12.5. The molecule has 0 aromatic heterocycles. The number of piperidine rings is 1. The summed E-state index contributed by atoms with van der Waals surface area (Å²) in [6.07, 6.45) is 1.90. The third-order valence-corrected chi connectivity index (χ3v) is 4.13. The molecule has 2 rings (SSSR count). The maximum absolute atomic E-state index is 12.2. The zero-order valence-electron chi connectivity index (χ0n) is 10.9. The molecule has 3 nitrogen and oxygen atoms in total. The van der Waals surface area contributed by atoms with E-state index in [1.54, 1.807) is 0 Å². The molecule has 0 unspecified atom stereocenters. The maximum Gasteiger partial charge on any atom is 0.227 e. The van der Waals surface area contributed by atoms with E-state index < -0.39 is 0 Å². The van der Waals surface area contributed by atoms with Gasteiger partial charge in [0.15, 0.2) is 0 Å². The molecule has 1 aromatic carbocycles. The Labute approximate surface area is 117 Å². The molecule has 18 heavy (non-hydrogen) atoms. The van der Waals surface area contributed by atoms with E-state index in [2.05, 4.69) is 33.2 Å². The molecule has 1 heterocycles. The molecule has 0 spiro atoms. The van der Waals surface area contributed by atoms with E-state index in [0.717, 1.165) is 36.1 Å². The monoisotopic (exact) mass is 310 g/mol. The predicted octanol–water partition coefficient (Wildman–Crippen LogP) is 3.04. The quantitative estimate of drug-likeness (QED) is 0.910. The van der Waals surface area contributed by atoms with Crippen LogP contribution in [0.25, 0.3) is 0 Å². The molecule has 1 aromatic rings. The Hall–Kier alpha value is -0.870. The van der Waals surface area contributed by atoms with Crippen molar-refractivity contribution in [3.8, 4) is 0 Å². The van der Waals surface area contributed by atoms with Gasteiger partial charge in [0.2, 0.25) is 5.91 Å². The minimum absolute atomic E-state index is 0.146. The van der Waals surface area contributed by atoms with Crippen molar-refractivity contribution >= 4 is 27.5 Å². The molecule has 1 amide bonds. The van der Waals surface area contributed by atoms with Crippen LogP contribution < -0.4 is 5.32 Å². The summed E-state index contributed by atoms with van der Waals surface area (Å²) in [7, 11) is 2.10. The molecule has 0 saturated carbocycles. The Balaban J connectivity index is 1.98. The van der Waals surface area contributed by atoms with Gasteiger partial charge in [-0.05, 0) is 73.5 Å². The van der Waals surface area contributed by atoms with Crippen molar-refractivity contribution in [1.29, 1.82) is 0 Å². The number of carbonyl (C=O) groups is 1. The van der Waals surface area contributed by atoms with Gasteiger partial charge in [0.1, 0.15) is 0 Å². The number of likely N-dealkylation sites (tertiary alicyclic amines) is 1. The number of anilines is 1. The van der Waals surface area contributed by atoms with E-state index in [1.165, 1.54) is 5.56 Å². The van der Waals surface area contributed by atoms with Gasteiger partial charge in [-0.2, -0.15) is 0 Å². The fraction of sp³-hybridized carbons (Fsp3) is 0.500. The van der Waals surface area contributed by atoms with Crippen LogP contribution in [-0.2, 0) is 4.79 Å². The van der Waals surface area contributed by atoms with Crippen LogP contribution in [0, 0.1) is 12.8 Å². The summed E-state index contributed by atoms with van der Waals surface area (Å²) in [6, 6.07) is 5.98. The number of halogens is 1. The summed E-state index contributed by atoms with van der Waals surface area (Å²) in [4.78, 5) is 14.4. The largest absolute Gasteiger partial charge is 0.325 e. The molecule has 1 N–H and O–H groups in total. The first-order chi connectivity index (χ1) is 8.56. The third-order valence-electron chi connectivity index (χ3n) is 3.47. The zero-order chi connectivity index (χ0) is 13.1. The Morgan fingerprint density at radius 2 is 2.06 bits per heavy atom. The maximum atomic E-state index is 12.2. The lowest BCUT2D eigenvalue weighted by Crippen LogP contribution is -2.35. The topological polar surface area (TPSA) is 32.3 Å². The van der Waals surface area contributed by atoms with E-state index in [1.807, 2.05) is 25.1 Å². The van der Waals surface area contributed by atoms with Crippen molar-refractivity contribution in [1.82, 2.24) is 4.90 Å². The highest BCUT2D eigenvalue weighted by atomic mass is 79.9. The van der Waals surface area contributed by atoms with Gasteiger partial charge in [-0.15, -0.1) is 0 Å². The van der Waals surface area contributed by atoms with Gasteiger partial charge < -0.3 is 10.2 Å². The Bertz CT molecular complexity index is 439. The molecule has 1 fully saturated rings. The number of aryl methyl sites for hydroxylation is 1. The summed E-state index contributed by atoms with van der Waals surface area (Å²) in [5, 5.41) is 3.02. The summed E-state index contributed by atoms with van der Waals surface area (Å²) in [5.74, 6) is 0.294. The Kier molecular flexibility index (Phi) is 4.40. The number of nitrogens with zero attached hydrogens (tertiary/aromatic N) is 1. The molecule has 0 radical (unpaired) electrons. The van der Waals surface area contributed by atoms with E-state index >= 15 is 0 Å². The van der Waals surface area contributed by atoms with E-state index in [9.17, 15) is 4.79 Å².